The van der Waals surface area contributed by atoms with Gasteiger partial charge >= 0.3 is 0 Å². The van der Waals surface area contributed by atoms with Crippen LogP contribution in [0.5, 0.6) is 0 Å². The van der Waals surface area contributed by atoms with Crippen molar-refractivity contribution in [3.63, 3.8) is 0 Å². The fraction of sp³-hybridized carbons (Fsp3) is 0.909. The van der Waals surface area contributed by atoms with Crippen molar-refractivity contribution in [2.24, 2.45) is 5.41 Å². The topological polar surface area (TPSA) is 64.9 Å². The summed E-state index contributed by atoms with van der Waals surface area (Å²) in [7, 11) is 3.63. The van der Waals surface area contributed by atoms with E-state index in [4.69, 9.17) is 4.74 Å². The number of nitrogens with zero attached hydrogens (tertiary/aromatic N) is 4. The van der Waals surface area contributed by atoms with E-state index in [0.717, 1.165) is 25.4 Å². The van der Waals surface area contributed by atoms with Gasteiger partial charge in [0.1, 0.15) is 0 Å². The molecule has 17 heavy (non-hydrogen) atoms. The molecule has 0 radical (unpaired) electrons. The first-order chi connectivity index (χ1) is 8.00. The minimum Gasteiger partial charge on any atom is -0.385 e. The lowest BCUT2D eigenvalue weighted by Crippen LogP contribution is -2.26. The Hall–Kier alpha value is -1.01. The lowest BCUT2D eigenvalue weighted by Gasteiger charge is -2.24. The maximum absolute atomic E-state index is 5.12. The lowest BCUT2D eigenvalue weighted by molar-refractivity contribution is 0.138. The van der Waals surface area contributed by atoms with Gasteiger partial charge in [-0.3, -0.25) is 0 Å². The summed E-state index contributed by atoms with van der Waals surface area (Å²) in [5, 5.41) is 15.0. The van der Waals surface area contributed by atoms with Crippen molar-refractivity contribution in [3.05, 3.63) is 5.82 Å². The van der Waals surface area contributed by atoms with E-state index in [1.54, 1.807) is 7.11 Å². The van der Waals surface area contributed by atoms with Crippen LogP contribution >= 0.6 is 0 Å². The van der Waals surface area contributed by atoms with E-state index in [-0.39, 0.29) is 11.5 Å². The zero-order chi connectivity index (χ0) is 12.9. The molecule has 0 aliphatic carbocycles. The summed E-state index contributed by atoms with van der Waals surface area (Å²) in [5.74, 6) is 0.873. The molecule has 0 aliphatic rings. The molecule has 98 valence electrons. The Morgan fingerprint density at radius 2 is 2.18 bits per heavy atom. The number of rotatable bonds is 7. The summed E-state index contributed by atoms with van der Waals surface area (Å²) in [5.41, 5.74) is 0.119. The Kier molecular flexibility index (Phi) is 5.02. The Balaban J connectivity index is 2.70. The first-order valence-electron chi connectivity index (χ1n) is 5.92. The molecule has 0 saturated carbocycles. The third kappa shape index (κ3) is 4.05. The Morgan fingerprint density at radius 1 is 1.47 bits per heavy atom. The van der Waals surface area contributed by atoms with Gasteiger partial charge in [-0.1, -0.05) is 13.8 Å². The van der Waals surface area contributed by atoms with Crippen LogP contribution in [-0.4, -0.2) is 41.0 Å². The van der Waals surface area contributed by atoms with Crippen LogP contribution in [0.15, 0.2) is 0 Å². The quantitative estimate of drug-likeness (QED) is 0.772. The SMILES string of the molecule is CNC(C)c1nnnn1CC(C)(C)CCOC. The van der Waals surface area contributed by atoms with Crippen LogP contribution in [0.25, 0.3) is 0 Å². The molecule has 0 fully saturated rings. The van der Waals surface area contributed by atoms with E-state index in [9.17, 15) is 0 Å². The molecule has 1 rings (SSSR count). The molecule has 1 unspecified atom stereocenters. The van der Waals surface area contributed by atoms with Crippen LogP contribution in [-0.2, 0) is 11.3 Å². The normalized spacial score (nSPS) is 13.9. The van der Waals surface area contributed by atoms with Gasteiger partial charge in [0.15, 0.2) is 5.82 Å². The predicted octanol–water partition coefficient (Wildman–Crippen LogP) is 1.02. The zero-order valence-electron chi connectivity index (χ0n) is 11.4. The van der Waals surface area contributed by atoms with E-state index in [2.05, 4.69) is 34.7 Å². The van der Waals surface area contributed by atoms with Crippen molar-refractivity contribution in [2.45, 2.75) is 39.8 Å². The van der Waals surface area contributed by atoms with Gasteiger partial charge in [0.25, 0.3) is 0 Å². The van der Waals surface area contributed by atoms with Crippen LogP contribution in [0.1, 0.15) is 39.1 Å². The summed E-state index contributed by atoms with van der Waals surface area (Å²) >= 11 is 0. The number of hydrogen-bond acceptors (Lipinski definition) is 5. The largest absolute Gasteiger partial charge is 0.385 e. The molecule has 1 aromatic heterocycles. The summed E-state index contributed by atoms with van der Waals surface area (Å²) in [6, 6.07) is 0.156. The molecule has 0 amide bonds. The van der Waals surface area contributed by atoms with E-state index < -0.39 is 0 Å². The molecule has 0 aromatic carbocycles. The second-order valence-corrected chi connectivity index (χ2v) is 5.11. The van der Waals surface area contributed by atoms with Crippen LogP contribution in [0, 0.1) is 5.41 Å². The highest BCUT2D eigenvalue weighted by molar-refractivity contribution is 4.90. The second kappa shape index (κ2) is 6.07. The van der Waals surface area contributed by atoms with Crippen LogP contribution in [0.4, 0.5) is 0 Å². The van der Waals surface area contributed by atoms with Gasteiger partial charge in [-0.2, -0.15) is 0 Å². The van der Waals surface area contributed by atoms with Gasteiger partial charge in [0.05, 0.1) is 12.6 Å². The molecule has 6 nitrogen and oxygen atoms in total. The molecule has 1 heterocycles. The van der Waals surface area contributed by atoms with Crippen LogP contribution in [0.3, 0.4) is 0 Å². The first kappa shape index (κ1) is 14.1. The Labute approximate surface area is 103 Å². The molecule has 1 N–H and O–H groups in total. The monoisotopic (exact) mass is 241 g/mol. The number of hydrogen-bond donors (Lipinski definition) is 1. The average molecular weight is 241 g/mol. The van der Waals surface area contributed by atoms with Gasteiger partial charge < -0.3 is 10.1 Å². The van der Waals surface area contributed by atoms with E-state index in [0.29, 0.717) is 0 Å². The molecule has 1 atom stereocenters. The van der Waals surface area contributed by atoms with Crippen molar-refractivity contribution >= 4 is 0 Å². The van der Waals surface area contributed by atoms with Crippen molar-refractivity contribution in [3.8, 4) is 0 Å². The van der Waals surface area contributed by atoms with Gasteiger partial charge in [0, 0.05) is 13.7 Å². The fourth-order valence-electron chi connectivity index (χ4n) is 1.63. The van der Waals surface area contributed by atoms with Gasteiger partial charge in [-0.25, -0.2) is 4.68 Å². The van der Waals surface area contributed by atoms with Gasteiger partial charge in [-0.15, -0.1) is 5.10 Å². The molecule has 0 bridgehead atoms. The highest BCUT2D eigenvalue weighted by atomic mass is 16.5. The van der Waals surface area contributed by atoms with Crippen LogP contribution < -0.4 is 5.32 Å². The van der Waals surface area contributed by atoms with E-state index in [1.807, 2.05) is 18.7 Å². The third-order valence-corrected chi connectivity index (χ3v) is 2.94. The maximum atomic E-state index is 5.12. The first-order valence-corrected chi connectivity index (χ1v) is 5.92. The lowest BCUT2D eigenvalue weighted by atomic mass is 9.90. The zero-order valence-corrected chi connectivity index (χ0v) is 11.4. The molecule has 0 aliphatic heterocycles. The maximum Gasteiger partial charge on any atom is 0.167 e. The Bertz CT molecular complexity index is 336. The van der Waals surface area contributed by atoms with E-state index in [1.165, 1.54) is 0 Å². The summed E-state index contributed by atoms with van der Waals surface area (Å²) in [4.78, 5) is 0. The molecule has 1 aromatic rings. The van der Waals surface area contributed by atoms with Gasteiger partial charge in [-0.05, 0) is 36.2 Å². The van der Waals surface area contributed by atoms with Crippen LogP contribution in [0.2, 0.25) is 0 Å². The fourth-order valence-corrected chi connectivity index (χ4v) is 1.63. The molecule has 6 heteroatoms. The number of ether oxygens (including phenoxy) is 1. The van der Waals surface area contributed by atoms with Crippen molar-refractivity contribution in [1.82, 2.24) is 25.5 Å². The summed E-state index contributed by atoms with van der Waals surface area (Å²) in [6.07, 6.45) is 0.983. The predicted molar refractivity (Wildman–Crippen MR) is 65.6 cm³/mol. The van der Waals surface area contributed by atoms with Crippen molar-refractivity contribution in [2.75, 3.05) is 20.8 Å². The van der Waals surface area contributed by atoms with Gasteiger partial charge in [0.2, 0.25) is 0 Å². The highest BCUT2D eigenvalue weighted by Crippen LogP contribution is 2.23. The standard InChI is InChI=1S/C11H23N5O/c1-9(12-4)10-13-14-15-16(10)8-11(2,3)6-7-17-5/h9,12H,6-8H2,1-5H3. The third-order valence-electron chi connectivity index (χ3n) is 2.94. The molecular weight excluding hydrogens is 218 g/mol. The number of aromatic nitrogens is 4. The van der Waals surface area contributed by atoms with Crippen molar-refractivity contribution < 1.29 is 4.74 Å². The number of methoxy groups -OCH3 is 1. The second-order valence-electron chi connectivity index (χ2n) is 5.11. The number of tetrazole rings is 1. The smallest absolute Gasteiger partial charge is 0.167 e. The molecule has 0 spiro atoms. The minimum atomic E-state index is 0.119. The molecular formula is C11H23N5O. The van der Waals surface area contributed by atoms with Crippen molar-refractivity contribution in [1.29, 1.82) is 0 Å². The van der Waals surface area contributed by atoms with E-state index >= 15 is 0 Å². The highest BCUT2D eigenvalue weighted by Gasteiger charge is 2.22. The number of nitrogens with one attached hydrogen (secondary N) is 1. The average Bonchev–Trinajstić information content (AvgIpc) is 2.72. The molecule has 0 saturated heterocycles. The summed E-state index contributed by atoms with van der Waals surface area (Å²) in [6.45, 7) is 7.99. The summed E-state index contributed by atoms with van der Waals surface area (Å²) < 4.78 is 6.99. The minimum absolute atomic E-state index is 0.119. The Morgan fingerprint density at radius 3 is 2.76 bits per heavy atom.